The van der Waals surface area contributed by atoms with Crippen LogP contribution >= 0.6 is 11.6 Å². The second-order valence-corrected chi connectivity index (χ2v) is 7.38. The quantitative estimate of drug-likeness (QED) is 0.603. The van der Waals surface area contributed by atoms with Crippen molar-refractivity contribution < 1.29 is 0 Å². The number of nitrogens with zero attached hydrogens (tertiary/aromatic N) is 2. The van der Waals surface area contributed by atoms with Crippen LogP contribution in [0, 0.1) is 0 Å². The van der Waals surface area contributed by atoms with Crippen LogP contribution in [0.5, 0.6) is 0 Å². The summed E-state index contributed by atoms with van der Waals surface area (Å²) in [4.78, 5) is 2.63. The van der Waals surface area contributed by atoms with Crippen LogP contribution in [0.3, 0.4) is 0 Å². The molecule has 1 aromatic carbocycles. The van der Waals surface area contributed by atoms with E-state index in [9.17, 15) is 0 Å². The minimum Gasteiger partial charge on any atom is -0.347 e. The summed E-state index contributed by atoms with van der Waals surface area (Å²) in [6.45, 7) is 5.80. The zero-order chi connectivity index (χ0) is 16.2. The fourth-order valence-corrected chi connectivity index (χ4v) is 4.09. The molecule has 0 atom stereocenters. The number of aromatic nitrogens is 1. The van der Waals surface area contributed by atoms with Gasteiger partial charge in [-0.1, -0.05) is 50.6 Å². The molecule has 3 rings (SSSR count). The van der Waals surface area contributed by atoms with E-state index in [2.05, 4.69) is 35.6 Å². The van der Waals surface area contributed by atoms with Crippen molar-refractivity contribution in [2.24, 2.45) is 7.05 Å². The molecule has 2 nitrogen and oxygen atoms in total. The molecule has 0 fully saturated rings. The van der Waals surface area contributed by atoms with Gasteiger partial charge in [-0.2, -0.15) is 0 Å². The van der Waals surface area contributed by atoms with Gasteiger partial charge < -0.3 is 4.57 Å². The minimum absolute atomic E-state index is 0.846. The molecular formula is C20H29ClN2. The highest BCUT2D eigenvalue weighted by atomic mass is 35.5. The maximum Gasteiger partial charge on any atom is 0.0484 e. The van der Waals surface area contributed by atoms with Gasteiger partial charge in [-0.15, -0.1) is 0 Å². The molecule has 0 radical (unpaired) electrons. The van der Waals surface area contributed by atoms with Crippen molar-refractivity contribution in [3.8, 4) is 0 Å². The van der Waals surface area contributed by atoms with Gasteiger partial charge in [-0.25, -0.2) is 0 Å². The Bertz CT molecular complexity index is 659. The lowest BCUT2D eigenvalue weighted by Crippen LogP contribution is -2.31. The Morgan fingerprint density at radius 2 is 1.87 bits per heavy atom. The van der Waals surface area contributed by atoms with Crippen LogP contribution < -0.4 is 0 Å². The summed E-state index contributed by atoms with van der Waals surface area (Å²) in [6.07, 6.45) is 9.41. The number of fused-ring (bicyclic) bond motifs is 3. The van der Waals surface area contributed by atoms with E-state index in [-0.39, 0.29) is 0 Å². The Morgan fingerprint density at radius 3 is 2.70 bits per heavy atom. The fourth-order valence-electron chi connectivity index (χ4n) is 3.91. The number of aryl methyl sites for hydroxylation is 1. The zero-order valence-corrected chi connectivity index (χ0v) is 15.3. The topological polar surface area (TPSA) is 8.17 Å². The van der Waals surface area contributed by atoms with E-state index in [1.165, 1.54) is 73.8 Å². The summed E-state index contributed by atoms with van der Waals surface area (Å²) in [7, 11) is 2.19. The molecule has 2 heterocycles. The molecule has 0 N–H and O–H groups in total. The molecule has 3 heteroatoms. The van der Waals surface area contributed by atoms with E-state index in [0.717, 1.165) is 18.0 Å². The third kappa shape index (κ3) is 3.75. The number of hydrogen-bond acceptors (Lipinski definition) is 1. The summed E-state index contributed by atoms with van der Waals surface area (Å²) in [5, 5.41) is 2.20. The fraction of sp³-hybridized carbons (Fsp3) is 0.600. The molecule has 0 saturated carbocycles. The number of unbranched alkanes of at least 4 members (excludes halogenated alkanes) is 5. The predicted octanol–water partition coefficient (Wildman–Crippen LogP) is 5.55. The lowest BCUT2D eigenvalue weighted by Gasteiger charge is -2.27. The molecule has 1 aliphatic heterocycles. The second-order valence-electron chi connectivity index (χ2n) is 6.94. The van der Waals surface area contributed by atoms with Crippen molar-refractivity contribution in [1.82, 2.24) is 9.47 Å². The van der Waals surface area contributed by atoms with Gasteiger partial charge >= 0.3 is 0 Å². The average molecular weight is 333 g/mol. The van der Waals surface area contributed by atoms with Gasteiger partial charge in [0.2, 0.25) is 0 Å². The first-order valence-electron chi connectivity index (χ1n) is 9.18. The molecule has 0 bridgehead atoms. The molecule has 0 saturated heterocycles. The summed E-state index contributed by atoms with van der Waals surface area (Å²) >= 11 is 6.23. The summed E-state index contributed by atoms with van der Waals surface area (Å²) in [5.41, 5.74) is 4.32. The number of hydrogen-bond donors (Lipinski definition) is 0. The third-order valence-electron chi connectivity index (χ3n) is 5.27. The van der Waals surface area contributed by atoms with Gasteiger partial charge in [0.25, 0.3) is 0 Å². The largest absolute Gasteiger partial charge is 0.347 e. The van der Waals surface area contributed by atoms with Crippen LogP contribution in [0.2, 0.25) is 5.02 Å². The van der Waals surface area contributed by atoms with Crippen molar-refractivity contribution in [2.75, 3.05) is 13.1 Å². The van der Waals surface area contributed by atoms with Crippen molar-refractivity contribution in [1.29, 1.82) is 0 Å². The lowest BCUT2D eigenvalue weighted by molar-refractivity contribution is 0.246. The molecule has 1 aromatic heterocycles. The monoisotopic (exact) mass is 332 g/mol. The van der Waals surface area contributed by atoms with Gasteiger partial charge in [0.05, 0.1) is 0 Å². The minimum atomic E-state index is 0.846. The lowest BCUT2D eigenvalue weighted by atomic mass is 10.0. The molecular weight excluding hydrogens is 304 g/mol. The van der Waals surface area contributed by atoms with Crippen LogP contribution in [0.4, 0.5) is 0 Å². The van der Waals surface area contributed by atoms with Gasteiger partial charge in [-0.05, 0) is 36.7 Å². The SMILES string of the molecule is CCCCCCCCN1CCc2c(c3cc(Cl)ccc3n2C)C1. The van der Waals surface area contributed by atoms with E-state index in [0.29, 0.717) is 0 Å². The van der Waals surface area contributed by atoms with Crippen LogP contribution in [-0.4, -0.2) is 22.6 Å². The molecule has 0 spiro atoms. The maximum atomic E-state index is 6.23. The molecule has 1 aliphatic rings. The Hall–Kier alpha value is -0.990. The smallest absolute Gasteiger partial charge is 0.0484 e. The van der Waals surface area contributed by atoms with Crippen LogP contribution in [0.25, 0.3) is 10.9 Å². The van der Waals surface area contributed by atoms with Crippen LogP contribution in [0.1, 0.15) is 56.7 Å². The molecule has 0 aliphatic carbocycles. The number of benzene rings is 1. The average Bonchev–Trinajstić information content (AvgIpc) is 2.83. The van der Waals surface area contributed by atoms with Crippen LogP contribution in [-0.2, 0) is 20.0 Å². The third-order valence-corrected chi connectivity index (χ3v) is 5.51. The Labute approximate surface area is 145 Å². The summed E-state index contributed by atoms with van der Waals surface area (Å²) < 4.78 is 2.36. The van der Waals surface area contributed by atoms with E-state index in [1.54, 1.807) is 0 Å². The molecule has 2 aromatic rings. The first kappa shape index (κ1) is 16.9. The van der Waals surface area contributed by atoms with Crippen molar-refractivity contribution in [3.05, 3.63) is 34.5 Å². The first-order chi connectivity index (χ1) is 11.2. The van der Waals surface area contributed by atoms with Gasteiger partial charge in [-0.3, -0.25) is 4.90 Å². The van der Waals surface area contributed by atoms with Crippen molar-refractivity contribution in [3.63, 3.8) is 0 Å². The van der Waals surface area contributed by atoms with E-state index in [4.69, 9.17) is 11.6 Å². The number of halogens is 1. The highest BCUT2D eigenvalue weighted by Crippen LogP contribution is 2.32. The first-order valence-corrected chi connectivity index (χ1v) is 9.56. The summed E-state index contributed by atoms with van der Waals surface area (Å²) in [5.74, 6) is 0. The van der Waals surface area contributed by atoms with E-state index in [1.807, 2.05) is 6.07 Å². The predicted molar refractivity (Wildman–Crippen MR) is 100 cm³/mol. The number of rotatable bonds is 7. The molecule has 0 amide bonds. The van der Waals surface area contributed by atoms with Crippen LogP contribution in [0.15, 0.2) is 18.2 Å². The highest BCUT2D eigenvalue weighted by molar-refractivity contribution is 6.31. The highest BCUT2D eigenvalue weighted by Gasteiger charge is 2.22. The Morgan fingerprint density at radius 1 is 1.09 bits per heavy atom. The van der Waals surface area contributed by atoms with E-state index < -0.39 is 0 Å². The Kier molecular flexibility index (Phi) is 5.66. The van der Waals surface area contributed by atoms with Gasteiger partial charge in [0.15, 0.2) is 0 Å². The second kappa shape index (κ2) is 7.72. The maximum absolute atomic E-state index is 6.23. The molecule has 126 valence electrons. The standard InChI is InChI=1S/C20H29ClN2/c1-3-4-5-6-7-8-12-23-13-11-20-18(15-23)17-14-16(21)9-10-19(17)22(20)2/h9-10,14H,3-8,11-13,15H2,1-2H3. The normalized spacial score (nSPS) is 15.3. The zero-order valence-electron chi connectivity index (χ0n) is 14.6. The van der Waals surface area contributed by atoms with Crippen molar-refractivity contribution >= 4 is 22.5 Å². The van der Waals surface area contributed by atoms with Gasteiger partial charge in [0, 0.05) is 48.2 Å². The Balaban J connectivity index is 1.63. The molecule has 23 heavy (non-hydrogen) atoms. The van der Waals surface area contributed by atoms with E-state index >= 15 is 0 Å². The summed E-state index contributed by atoms with van der Waals surface area (Å²) in [6, 6.07) is 6.31. The van der Waals surface area contributed by atoms with Crippen molar-refractivity contribution in [2.45, 2.75) is 58.4 Å². The van der Waals surface area contributed by atoms with Gasteiger partial charge in [0.1, 0.15) is 0 Å². The molecule has 0 unspecified atom stereocenters.